The minimum atomic E-state index is -0.533. The SMILES string of the molecule is CC(C)[C@@H]1Cc2cc(O)c(=O)[nH]c2-c2cc(=O)ccn21. The van der Waals surface area contributed by atoms with Crippen LogP contribution in [0, 0.1) is 5.92 Å². The maximum absolute atomic E-state index is 11.6. The van der Waals surface area contributed by atoms with Crippen LogP contribution in [-0.4, -0.2) is 14.7 Å². The molecule has 1 atom stereocenters. The molecule has 2 aromatic heterocycles. The molecule has 2 N–H and O–H groups in total. The molecule has 0 fully saturated rings. The maximum atomic E-state index is 11.6. The Morgan fingerprint density at radius 1 is 1.35 bits per heavy atom. The van der Waals surface area contributed by atoms with Crippen LogP contribution in [0.15, 0.2) is 34.0 Å². The van der Waals surface area contributed by atoms with E-state index >= 15 is 0 Å². The van der Waals surface area contributed by atoms with Gasteiger partial charge >= 0.3 is 0 Å². The fourth-order valence-electron chi connectivity index (χ4n) is 2.81. The van der Waals surface area contributed by atoms with Gasteiger partial charge in [-0.25, -0.2) is 0 Å². The highest BCUT2D eigenvalue weighted by atomic mass is 16.3. The summed E-state index contributed by atoms with van der Waals surface area (Å²) in [5.41, 5.74) is 1.57. The normalized spacial score (nSPS) is 16.9. The van der Waals surface area contributed by atoms with Crippen molar-refractivity contribution in [1.82, 2.24) is 9.55 Å². The summed E-state index contributed by atoms with van der Waals surface area (Å²) in [5.74, 6) is 0.0939. The van der Waals surface area contributed by atoms with Crippen molar-refractivity contribution < 1.29 is 5.11 Å². The van der Waals surface area contributed by atoms with E-state index in [4.69, 9.17) is 0 Å². The van der Waals surface area contributed by atoms with E-state index in [1.165, 1.54) is 18.2 Å². The van der Waals surface area contributed by atoms with Crippen molar-refractivity contribution in [2.45, 2.75) is 26.3 Å². The molecule has 3 heterocycles. The molecule has 0 amide bonds. The topological polar surface area (TPSA) is 75.1 Å². The number of fused-ring (bicyclic) bond motifs is 3. The molecule has 20 heavy (non-hydrogen) atoms. The summed E-state index contributed by atoms with van der Waals surface area (Å²) < 4.78 is 2.03. The molecule has 1 aliphatic rings. The van der Waals surface area contributed by atoms with Crippen molar-refractivity contribution in [3.8, 4) is 17.1 Å². The van der Waals surface area contributed by atoms with Gasteiger partial charge in [-0.3, -0.25) is 9.59 Å². The van der Waals surface area contributed by atoms with E-state index in [-0.39, 0.29) is 17.2 Å². The van der Waals surface area contributed by atoms with Crippen molar-refractivity contribution >= 4 is 0 Å². The molecule has 0 bridgehead atoms. The average molecular weight is 272 g/mol. The lowest BCUT2D eigenvalue weighted by Gasteiger charge is -2.32. The average Bonchev–Trinajstić information content (AvgIpc) is 2.39. The smallest absolute Gasteiger partial charge is 0.290 e. The highest BCUT2D eigenvalue weighted by molar-refractivity contribution is 5.62. The van der Waals surface area contributed by atoms with Crippen molar-refractivity contribution in [2.75, 3.05) is 0 Å². The van der Waals surface area contributed by atoms with E-state index in [0.29, 0.717) is 23.7 Å². The van der Waals surface area contributed by atoms with E-state index in [2.05, 4.69) is 18.8 Å². The third-order valence-electron chi connectivity index (χ3n) is 3.87. The number of nitrogens with one attached hydrogen (secondary N) is 1. The summed E-state index contributed by atoms with van der Waals surface area (Å²) in [4.78, 5) is 25.9. The molecule has 5 nitrogen and oxygen atoms in total. The largest absolute Gasteiger partial charge is 0.503 e. The van der Waals surface area contributed by atoms with Crippen LogP contribution in [0.25, 0.3) is 11.4 Å². The zero-order chi connectivity index (χ0) is 14.4. The Labute approximate surface area is 115 Å². The molecule has 0 saturated heterocycles. The molecule has 5 heteroatoms. The lowest BCUT2D eigenvalue weighted by atomic mass is 9.90. The van der Waals surface area contributed by atoms with Gasteiger partial charge in [0, 0.05) is 24.4 Å². The van der Waals surface area contributed by atoms with E-state index in [0.717, 1.165) is 5.56 Å². The molecular formula is C15H16N2O3. The van der Waals surface area contributed by atoms with Gasteiger partial charge in [-0.1, -0.05) is 13.8 Å². The van der Waals surface area contributed by atoms with Gasteiger partial charge < -0.3 is 14.7 Å². The van der Waals surface area contributed by atoms with E-state index in [9.17, 15) is 14.7 Å². The molecule has 0 unspecified atom stereocenters. The van der Waals surface area contributed by atoms with Crippen LogP contribution in [0.3, 0.4) is 0 Å². The van der Waals surface area contributed by atoms with Gasteiger partial charge in [0.25, 0.3) is 5.56 Å². The fourth-order valence-corrected chi connectivity index (χ4v) is 2.81. The molecular weight excluding hydrogens is 256 g/mol. The third-order valence-corrected chi connectivity index (χ3v) is 3.87. The monoisotopic (exact) mass is 272 g/mol. The van der Waals surface area contributed by atoms with Crippen molar-refractivity contribution in [3.63, 3.8) is 0 Å². The zero-order valence-electron chi connectivity index (χ0n) is 11.4. The van der Waals surface area contributed by atoms with E-state index in [1.807, 2.05) is 4.57 Å². The van der Waals surface area contributed by atoms with Crippen molar-refractivity contribution in [2.24, 2.45) is 5.92 Å². The Morgan fingerprint density at radius 3 is 2.80 bits per heavy atom. The van der Waals surface area contributed by atoms with Gasteiger partial charge in [0.15, 0.2) is 11.2 Å². The summed E-state index contributed by atoms with van der Waals surface area (Å²) in [6.45, 7) is 4.23. The van der Waals surface area contributed by atoms with Crippen LogP contribution in [0.4, 0.5) is 0 Å². The molecule has 0 radical (unpaired) electrons. The highest BCUT2D eigenvalue weighted by Crippen LogP contribution is 2.35. The standard InChI is InChI=1S/C15H16N2O3/c1-8(2)11-5-9-6-13(19)15(20)16-14(9)12-7-10(18)3-4-17(11)12/h3-4,6-8,11,19H,5H2,1-2H3,(H,16,20)/t11-/m0/s1. The minimum Gasteiger partial charge on any atom is -0.503 e. The molecule has 104 valence electrons. The molecule has 2 aromatic rings. The number of pyridine rings is 2. The van der Waals surface area contributed by atoms with Crippen LogP contribution in [0.1, 0.15) is 25.5 Å². The predicted molar refractivity (Wildman–Crippen MR) is 76.0 cm³/mol. The number of rotatable bonds is 1. The number of aromatic nitrogens is 2. The molecule has 1 aliphatic heterocycles. The van der Waals surface area contributed by atoms with Crippen molar-refractivity contribution in [3.05, 3.63) is 50.5 Å². The van der Waals surface area contributed by atoms with Crippen LogP contribution in [-0.2, 0) is 6.42 Å². The summed E-state index contributed by atoms with van der Waals surface area (Å²) in [6.07, 6.45) is 2.49. The highest BCUT2D eigenvalue weighted by Gasteiger charge is 2.27. The number of aromatic hydroxyl groups is 1. The van der Waals surface area contributed by atoms with Crippen molar-refractivity contribution in [1.29, 1.82) is 0 Å². The Hall–Kier alpha value is -2.30. The Morgan fingerprint density at radius 2 is 2.10 bits per heavy atom. The maximum Gasteiger partial charge on any atom is 0.290 e. The molecule has 0 aromatic carbocycles. The Bertz CT molecular complexity index is 786. The first-order valence-corrected chi connectivity index (χ1v) is 6.65. The Kier molecular flexibility index (Phi) is 2.78. The van der Waals surface area contributed by atoms with Gasteiger partial charge in [0.05, 0.1) is 11.4 Å². The summed E-state index contributed by atoms with van der Waals surface area (Å²) in [6, 6.07) is 4.76. The quantitative estimate of drug-likeness (QED) is 0.829. The number of hydrogen-bond donors (Lipinski definition) is 2. The molecule has 0 saturated carbocycles. The minimum absolute atomic E-state index is 0.0967. The number of hydrogen-bond acceptors (Lipinski definition) is 3. The Balaban J connectivity index is 2.33. The number of aromatic amines is 1. The molecule has 0 spiro atoms. The van der Waals surface area contributed by atoms with Crippen LogP contribution in [0.2, 0.25) is 0 Å². The van der Waals surface area contributed by atoms with Gasteiger partial charge in [0.2, 0.25) is 0 Å². The summed E-state index contributed by atoms with van der Waals surface area (Å²) in [7, 11) is 0. The van der Waals surface area contributed by atoms with E-state index in [1.54, 1.807) is 6.20 Å². The second kappa shape index (κ2) is 4.37. The van der Waals surface area contributed by atoms with Gasteiger partial charge in [-0.05, 0) is 24.0 Å². The number of nitrogens with zero attached hydrogens (tertiary/aromatic N) is 1. The predicted octanol–water partition coefficient (Wildman–Crippen LogP) is 1.66. The van der Waals surface area contributed by atoms with Gasteiger partial charge in [0.1, 0.15) is 0 Å². The van der Waals surface area contributed by atoms with Crippen LogP contribution >= 0.6 is 0 Å². The summed E-state index contributed by atoms with van der Waals surface area (Å²) >= 11 is 0. The fraction of sp³-hybridized carbons (Fsp3) is 0.333. The second-order valence-corrected chi connectivity index (χ2v) is 5.55. The van der Waals surface area contributed by atoms with Gasteiger partial charge in [-0.2, -0.15) is 0 Å². The summed E-state index contributed by atoms with van der Waals surface area (Å²) in [5, 5.41) is 9.59. The molecule has 0 aliphatic carbocycles. The third kappa shape index (κ3) is 1.86. The van der Waals surface area contributed by atoms with Crippen LogP contribution in [0.5, 0.6) is 5.75 Å². The van der Waals surface area contributed by atoms with E-state index < -0.39 is 5.56 Å². The lowest BCUT2D eigenvalue weighted by Crippen LogP contribution is -2.27. The number of H-pyrrole nitrogens is 1. The first-order chi connectivity index (χ1) is 9.47. The first kappa shape index (κ1) is 12.7. The van der Waals surface area contributed by atoms with Gasteiger partial charge in [-0.15, -0.1) is 0 Å². The second-order valence-electron chi connectivity index (χ2n) is 5.55. The molecule has 3 rings (SSSR count). The zero-order valence-corrected chi connectivity index (χ0v) is 11.4. The van der Waals surface area contributed by atoms with Crippen LogP contribution < -0.4 is 11.0 Å². The first-order valence-electron chi connectivity index (χ1n) is 6.65. The lowest BCUT2D eigenvalue weighted by molar-refractivity contribution is 0.366.